The van der Waals surface area contributed by atoms with Crippen molar-refractivity contribution in [2.75, 3.05) is 0 Å². The van der Waals surface area contributed by atoms with Crippen LogP contribution in [0.3, 0.4) is 0 Å². The monoisotopic (exact) mass is 610 g/mol. The molecule has 0 aliphatic carbocycles. The Hall–Kier alpha value is -0.972. The maximum Gasteiger partial charge on any atom is 3.00 e. The first-order chi connectivity index (χ1) is 13.9. The van der Waals surface area contributed by atoms with Crippen LogP contribution in [-0.4, -0.2) is 35.8 Å². The van der Waals surface area contributed by atoms with E-state index in [2.05, 4.69) is 0 Å². The summed E-state index contributed by atoms with van der Waals surface area (Å²) in [5, 5.41) is 58.6. The van der Waals surface area contributed by atoms with Gasteiger partial charge in [0.15, 0.2) is 0 Å². The van der Waals surface area contributed by atoms with Crippen molar-refractivity contribution < 1.29 is 125 Å². The Labute approximate surface area is 235 Å². The summed E-state index contributed by atoms with van der Waals surface area (Å²) in [7, 11) is 0. The number of hydrogen-bond acceptors (Lipinski definition) is 12. The van der Waals surface area contributed by atoms with Gasteiger partial charge in [0.2, 0.25) is 0 Å². The summed E-state index contributed by atoms with van der Waals surface area (Å²) in [5.41, 5.74) is 0. The fourth-order valence-corrected chi connectivity index (χ4v) is 1.62. The van der Waals surface area contributed by atoms with Gasteiger partial charge in [-0.1, -0.05) is 0 Å². The minimum Gasteiger partial charge on any atom is -0.550 e. The molecule has 174 valence electrons. The van der Waals surface area contributed by atoms with E-state index in [0.717, 1.165) is 0 Å². The molecule has 0 atom stereocenters. The van der Waals surface area contributed by atoms with E-state index in [-0.39, 0.29) is 104 Å². The predicted octanol–water partition coefficient (Wildman–Crippen LogP) is -5.87. The number of unbranched alkanes of at least 4 members (excludes halogenated alkanes) is 3. The van der Waals surface area contributed by atoms with E-state index in [1.807, 2.05) is 0 Å². The van der Waals surface area contributed by atoms with Gasteiger partial charge in [0.05, 0.1) is 0 Å². The molecule has 0 aromatic rings. The van der Waals surface area contributed by atoms with E-state index < -0.39 is 35.8 Å². The fourth-order valence-electron chi connectivity index (χ4n) is 1.62. The molecule has 0 rings (SSSR count). The van der Waals surface area contributed by atoms with Crippen molar-refractivity contribution in [1.82, 2.24) is 0 Å². The first-order valence-electron chi connectivity index (χ1n) is 9.07. The van der Waals surface area contributed by atoms with Gasteiger partial charge >= 0.3 is 65.4 Å². The molecule has 0 N–H and O–H groups in total. The van der Waals surface area contributed by atoms with Crippen molar-refractivity contribution in [3.8, 4) is 0 Å². The Morgan fingerprint density at radius 3 is 0.469 bits per heavy atom. The molecule has 14 heteroatoms. The number of rotatable bonds is 15. The Morgan fingerprint density at radius 1 is 0.312 bits per heavy atom. The van der Waals surface area contributed by atoms with E-state index in [9.17, 15) is 59.4 Å². The maximum atomic E-state index is 9.77. The number of aliphatic carboxylic acids is 6. The molecule has 0 aromatic heterocycles. The number of carboxylic acid groups (broad SMARTS) is 6. The van der Waals surface area contributed by atoms with Crippen LogP contribution in [0.25, 0.3) is 0 Å². The molecule has 0 radical (unpaired) electrons. The zero-order valence-corrected chi connectivity index (χ0v) is 23.2. The van der Waals surface area contributed by atoms with E-state index in [0.29, 0.717) is 38.5 Å². The third-order valence-corrected chi connectivity index (χ3v) is 3.04. The number of carboxylic acids is 6. The molecule has 0 saturated carbocycles. The number of carbonyl (C=O) groups excluding carboxylic acids is 6. The predicted molar refractivity (Wildman–Crippen MR) is 85.4 cm³/mol. The van der Waals surface area contributed by atoms with Crippen LogP contribution in [-0.2, 0) is 94.2 Å². The van der Waals surface area contributed by atoms with Gasteiger partial charge in [0.25, 0.3) is 0 Å². The van der Waals surface area contributed by atoms with Crippen LogP contribution in [0, 0.1) is 0 Å². The molecule has 0 heterocycles. The Balaban J connectivity index is -0.000000110. The summed E-state index contributed by atoms with van der Waals surface area (Å²) in [5.74, 6) is -6.84. The largest absolute Gasteiger partial charge is 3.00 e. The number of carbonyl (C=O) groups is 6. The van der Waals surface area contributed by atoms with Crippen molar-refractivity contribution in [1.29, 1.82) is 0 Å². The normalized spacial score (nSPS) is 8.62. The summed E-state index contributed by atoms with van der Waals surface area (Å²) >= 11 is 0. The summed E-state index contributed by atoms with van der Waals surface area (Å²) in [6, 6.07) is 0. The Kier molecular flexibility index (Phi) is 38.8. The standard InChI is InChI=1S/3C6H10O4.2Y/c3*7-5(8)3-1-2-4-6(9)10;;/h3*1-4H2,(H,7,8)(H,9,10);;/q;;;2*+3/p-6. The average Bonchev–Trinajstić information content (AvgIpc) is 2.60. The second-order valence-electron chi connectivity index (χ2n) is 5.85. The quantitative estimate of drug-likeness (QED) is 0.158. The fraction of sp³-hybridized carbons (Fsp3) is 0.667. The van der Waals surface area contributed by atoms with Crippen molar-refractivity contribution in [2.45, 2.75) is 77.0 Å². The van der Waals surface area contributed by atoms with E-state index in [4.69, 9.17) is 0 Å². The summed E-state index contributed by atoms with van der Waals surface area (Å²) < 4.78 is 0. The van der Waals surface area contributed by atoms with E-state index in [1.54, 1.807) is 0 Å². The third kappa shape index (κ3) is 56.8. The minimum absolute atomic E-state index is 0. The zero-order chi connectivity index (χ0) is 23.9. The van der Waals surface area contributed by atoms with Crippen LogP contribution < -0.4 is 30.6 Å². The van der Waals surface area contributed by atoms with Gasteiger partial charge in [-0.2, -0.15) is 0 Å². The molecule has 0 unspecified atom stereocenters. The average molecular weight is 610 g/mol. The van der Waals surface area contributed by atoms with Crippen LogP contribution >= 0.6 is 0 Å². The van der Waals surface area contributed by atoms with Crippen LogP contribution in [0.1, 0.15) is 77.0 Å². The van der Waals surface area contributed by atoms with Crippen LogP contribution in [0.2, 0.25) is 0 Å². The summed E-state index contributed by atoms with van der Waals surface area (Å²) in [6.45, 7) is 0. The number of hydrogen-bond donors (Lipinski definition) is 0. The van der Waals surface area contributed by atoms with Gasteiger partial charge < -0.3 is 59.4 Å². The summed E-state index contributed by atoms with van der Waals surface area (Å²) in [4.78, 5) is 58.6. The Morgan fingerprint density at radius 2 is 0.406 bits per heavy atom. The van der Waals surface area contributed by atoms with Gasteiger partial charge in [0.1, 0.15) is 0 Å². The second-order valence-corrected chi connectivity index (χ2v) is 5.85. The van der Waals surface area contributed by atoms with E-state index in [1.165, 1.54) is 0 Å². The van der Waals surface area contributed by atoms with Gasteiger partial charge in [-0.3, -0.25) is 0 Å². The molecule has 0 aromatic carbocycles. The minimum atomic E-state index is -1.14. The molecule has 0 spiro atoms. The van der Waals surface area contributed by atoms with E-state index >= 15 is 0 Å². The topological polar surface area (TPSA) is 241 Å². The van der Waals surface area contributed by atoms with Crippen molar-refractivity contribution in [3.63, 3.8) is 0 Å². The molecule has 0 fully saturated rings. The molecule has 0 aliphatic heterocycles. The first-order valence-corrected chi connectivity index (χ1v) is 9.07. The molecular weight excluding hydrogens is 586 g/mol. The van der Waals surface area contributed by atoms with Crippen LogP contribution in [0.4, 0.5) is 0 Å². The second kappa shape index (κ2) is 30.0. The SMILES string of the molecule is O=C([O-])CCCCC(=O)[O-].O=C([O-])CCCCC(=O)[O-].O=C([O-])CCCCC(=O)[O-].[Y+3].[Y+3]. The molecular formula is C18H24O12Y2. The maximum absolute atomic E-state index is 9.77. The van der Waals surface area contributed by atoms with Gasteiger partial charge in [-0.05, 0) is 77.0 Å². The van der Waals surface area contributed by atoms with Gasteiger partial charge in [-0.15, -0.1) is 0 Å². The van der Waals surface area contributed by atoms with Gasteiger partial charge in [0, 0.05) is 35.8 Å². The van der Waals surface area contributed by atoms with Crippen molar-refractivity contribution in [2.24, 2.45) is 0 Å². The molecule has 0 amide bonds. The Bertz CT molecular complexity index is 428. The van der Waals surface area contributed by atoms with Crippen LogP contribution in [0.5, 0.6) is 0 Å². The first kappa shape index (κ1) is 41.3. The molecule has 0 aliphatic rings. The summed E-state index contributed by atoms with van der Waals surface area (Å²) in [6.07, 6.45) is 1.60. The van der Waals surface area contributed by atoms with Gasteiger partial charge in [-0.25, -0.2) is 0 Å². The molecule has 0 saturated heterocycles. The smallest absolute Gasteiger partial charge is 0.550 e. The van der Waals surface area contributed by atoms with Crippen molar-refractivity contribution in [3.05, 3.63) is 0 Å². The third-order valence-electron chi connectivity index (χ3n) is 3.04. The van der Waals surface area contributed by atoms with Crippen LogP contribution in [0.15, 0.2) is 0 Å². The molecule has 0 bridgehead atoms. The molecule has 12 nitrogen and oxygen atoms in total. The van der Waals surface area contributed by atoms with Crippen molar-refractivity contribution >= 4 is 35.8 Å². The molecule has 32 heavy (non-hydrogen) atoms. The zero-order valence-electron chi connectivity index (χ0n) is 17.5.